The summed E-state index contributed by atoms with van der Waals surface area (Å²) >= 11 is 0. The van der Waals surface area contributed by atoms with E-state index in [2.05, 4.69) is 63.7 Å². The third-order valence-corrected chi connectivity index (χ3v) is 17.0. The molecule has 8 nitrogen and oxygen atoms in total. The summed E-state index contributed by atoms with van der Waals surface area (Å²) in [5.41, 5.74) is 3.66. The maximum absolute atomic E-state index is 14.7. The number of carbonyl (C=O) groups excluding carboxylic acids is 3. The molecule has 0 spiro atoms. The average molecular weight is 752 g/mol. The van der Waals surface area contributed by atoms with Crippen molar-refractivity contribution in [2.24, 2.45) is 56.7 Å². The van der Waals surface area contributed by atoms with Gasteiger partial charge in [0.1, 0.15) is 5.69 Å². The number of hydrogen-bond donors (Lipinski definition) is 3. The SMILES string of the molecule is C=C(C)[C@@H]1CC[C@]2(C(=O)NCCc3cccc(C(=O)NCc4cccc(C(=O)OC)n4)c3)CC[C@]3(C)C(CCC4[C@@]5(C)CC[C@H](O)C(C)(C)C5CC[C@]43C)C12. The fourth-order valence-corrected chi connectivity index (χ4v) is 14.0. The second kappa shape index (κ2) is 14.5. The summed E-state index contributed by atoms with van der Waals surface area (Å²) in [6.07, 6.45) is 11.2. The van der Waals surface area contributed by atoms with E-state index >= 15 is 0 Å². The number of hydrogen-bond acceptors (Lipinski definition) is 6. The predicted molar refractivity (Wildman–Crippen MR) is 215 cm³/mol. The number of methoxy groups -OCH3 is 1. The first-order chi connectivity index (χ1) is 26.0. The monoisotopic (exact) mass is 751 g/mol. The predicted octanol–water partition coefficient (Wildman–Crippen LogP) is 8.48. The van der Waals surface area contributed by atoms with E-state index in [4.69, 9.17) is 4.74 Å². The number of pyridine rings is 1. The largest absolute Gasteiger partial charge is 0.464 e. The van der Waals surface area contributed by atoms with Crippen molar-refractivity contribution >= 4 is 17.8 Å². The molecule has 4 unspecified atom stereocenters. The molecule has 2 amide bonds. The standard InChI is InChI=1S/C47H65N3O5/c1-29(2)33-17-23-47(42(54)48-26-20-30-11-9-12-31(27-30)40(52)49-28-32-13-10-14-35(50-32)41(53)55-8)25-24-45(6)34(39(33)47)15-16-37-44(5)21-19-38(51)43(3,4)36(44)18-22-46(37,45)7/h9-14,27,33-34,36-39,51H,1,15-26,28H2,2-8H3,(H,48,54)(H,49,52)/t33-,34?,36?,37?,38-,39?,44-,45+,46+,47-/m0/s1. The number of carbonyl (C=O) groups is 3. The smallest absolute Gasteiger partial charge is 0.356 e. The van der Waals surface area contributed by atoms with Crippen LogP contribution in [0.4, 0.5) is 0 Å². The van der Waals surface area contributed by atoms with Crippen molar-refractivity contribution in [1.29, 1.82) is 0 Å². The Labute approximate surface area is 329 Å². The third kappa shape index (κ3) is 6.37. The second-order valence-corrected chi connectivity index (χ2v) is 19.6. The van der Waals surface area contributed by atoms with Crippen molar-refractivity contribution in [2.45, 2.75) is 125 Å². The lowest BCUT2D eigenvalue weighted by Gasteiger charge is -2.72. The Morgan fingerprint density at radius 1 is 0.873 bits per heavy atom. The Hall–Kier alpha value is -3.52. The van der Waals surface area contributed by atoms with Crippen LogP contribution in [-0.4, -0.2) is 47.6 Å². The highest BCUT2D eigenvalue weighted by Crippen LogP contribution is 2.77. The first-order valence-corrected chi connectivity index (χ1v) is 21.0. The highest BCUT2D eigenvalue weighted by atomic mass is 16.5. The first kappa shape index (κ1) is 39.7. The summed E-state index contributed by atoms with van der Waals surface area (Å²) < 4.78 is 4.76. The van der Waals surface area contributed by atoms with Gasteiger partial charge < -0.3 is 20.5 Å². The van der Waals surface area contributed by atoms with Crippen molar-refractivity contribution in [3.05, 3.63) is 77.1 Å². The van der Waals surface area contributed by atoms with Crippen LogP contribution in [0.1, 0.15) is 138 Å². The number of aliphatic hydroxyl groups is 1. The minimum absolute atomic E-state index is 0.0606. The number of benzene rings is 1. The fraction of sp³-hybridized carbons (Fsp3) is 0.660. The van der Waals surface area contributed by atoms with Gasteiger partial charge in [-0.15, -0.1) is 0 Å². The molecule has 55 heavy (non-hydrogen) atoms. The van der Waals surface area contributed by atoms with Gasteiger partial charge in [0.05, 0.1) is 30.9 Å². The number of ether oxygens (including phenoxy) is 1. The van der Waals surface area contributed by atoms with Crippen LogP contribution in [0.3, 0.4) is 0 Å². The van der Waals surface area contributed by atoms with Crippen LogP contribution in [-0.2, 0) is 22.5 Å². The molecule has 0 radical (unpaired) electrons. The lowest BCUT2D eigenvalue weighted by atomic mass is 9.32. The summed E-state index contributed by atoms with van der Waals surface area (Å²) in [5.74, 6) is 1.77. The number of nitrogens with one attached hydrogen (secondary N) is 2. The molecule has 2 aromatic rings. The van der Waals surface area contributed by atoms with Gasteiger partial charge in [0.2, 0.25) is 5.91 Å². The molecule has 8 heteroatoms. The molecule has 10 atom stereocenters. The normalized spacial score (nSPS) is 37.3. The number of nitrogens with zero attached hydrogens (tertiary/aromatic N) is 1. The summed E-state index contributed by atoms with van der Waals surface area (Å²) in [4.78, 5) is 43.9. The van der Waals surface area contributed by atoms with Crippen molar-refractivity contribution in [2.75, 3.05) is 13.7 Å². The molecule has 3 N–H and O–H groups in total. The Balaban J connectivity index is 1.04. The van der Waals surface area contributed by atoms with Crippen LogP contribution >= 0.6 is 0 Å². The Morgan fingerprint density at radius 3 is 2.38 bits per heavy atom. The summed E-state index contributed by atoms with van der Waals surface area (Å²) in [6.45, 7) is 19.9. The molecule has 0 saturated heterocycles. The Bertz CT molecular complexity index is 1840. The minimum Gasteiger partial charge on any atom is -0.464 e. The number of allylic oxidation sites excluding steroid dienone is 1. The van der Waals surface area contributed by atoms with Gasteiger partial charge in [-0.1, -0.05) is 65.0 Å². The maximum Gasteiger partial charge on any atom is 0.356 e. The zero-order valence-electron chi connectivity index (χ0n) is 34.4. The van der Waals surface area contributed by atoms with E-state index in [9.17, 15) is 19.5 Å². The van der Waals surface area contributed by atoms with Crippen LogP contribution in [0.5, 0.6) is 0 Å². The number of aromatic nitrogens is 1. The summed E-state index contributed by atoms with van der Waals surface area (Å²) in [5, 5.41) is 17.5. The molecule has 298 valence electrons. The number of aliphatic hydroxyl groups excluding tert-OH is 1. The molecule has 0 aliphatic heterocycles. The molecular formula is C47H65N3O5. The highest BCUT2D eigenvalue weighted by molar-refractivity contribution is 5.94. The van der Waals surface area contributed by atoms with Crippen LogP contribution in [0.2, 0.25) is 0 Å². The highest BCUT2D eigenvalue weighted by Gasteiger charge is 2.71. The van der Waals surface area contributed by atoms with E-state index in [0.717, 1.165) is 44.1 Å². The van der Waals surface area contributed by atoms with Crippen molar-refractivity contribution < 1.29 is 24.2 Å². The molecule has 1 aromatic carbocycles. The van der Waals surface area contributed by atoms with Crippen molar-refractivity contribution in [3.63, 3.8) is 0 Å². The van der Waals surface area contributed by atoms with E-state index in [1.165, 1.54) is 38.4 Å². The van der Waals surface area contributed by atoms with Gasteiger partial charge in [-0.3, -0.25) is 9.59 Å². The zero-order valence-corrected chi connectivity index (χ0v) is 34.4. The second-order valence-electron chi connectivity index (χ2n) is 19.6. The molecule has 5 aliphatic rings. The van der Waals surface area contributed by atoms with Crippen molar-refractivity contribution in [3.8, 4) is 0 Å². The molecule has 0 bridgehead atoms. The van der Waals surface area contributed by atoms with E-state index in [1.54, 1.807) is 24.3 Å². The van der Waals surface area contributed by atoms with Crippen LogP contribution in [0, 0.1) is 56.7 Å². The summed E-state index contributed by atoms with van der Waals surface area (Å²) in [6, 6.07) is 12.6. The van der Waals surface area contributed by atoms with E-state index in [0.29, 0.717) is 53.8 Å². The van der Waals surface area contributed by atoms with E-state index in [-0.39, 0.29) is 57.2 Å². The van der Waals surface area contributed by atoms with Gasteiger partial charge in [-0.2, -0.15) is 0 Å². The number of fused-ring (bicyclic) bond motifs is 7. The number of amides is 2. The lowest BCUT2D eigenvalue weighted by molar-refractivity contribution is -0.246. The molecule has 1 aromatic heterocycles. The van der Waals surface area contributed by atoms with Crippen LogP contribution in [0.15, 0.2) is 54.6 Å². The summed E-state index contributed by atoms with van der Waals surface area (Å²) in [7, 11) is 1.31. The molecule has 1 heterocycles. The lowest BCUT2D eigenvalue weighted by Crippen LogP contribution is -2.67. The van der Waals surface area contributed by atoms with Gasteiger partial charge in [0.25, 0.3) is 5.91 Å². The Kier molecular flexibility index (Phi) is 10.4. The topological polar surface area (TPSA) is 118 Å². The van der Waals surface area contributed by atoms with Crippen LogP contribution < -0.4 is 10.6 Å². The fourth-order valence-electron chi connectivity index (χ4n) is 14.0. The van der Waals surface area contributed by atoms with Gasteiger partial charge in [0, 0.05) is 12.1 Å². The molecule has 5 aliphatic carbocycles. The Morgan fingerprint density at radius 2 is 1.64 bits per heavy atom. The number of esters is 1. The molecule has 7 rings (SSSR count). The molecule has 5 fully saturated rings. The maximum atomic E-state index is 14.7. The molecule has 5 saturated carbocycles. The quantitative estimate of drug-likeness (QED) is 0.175. The van der Waals surface area contributed by atoms with Gasteiger partial charge >= 0.3 is 5.97 Å². The van der Waals surface area contributed by atoms with Gasteiger partial charge in [-0.05, 0) is 159 Å². The zero-order chi connectivity index (χ0) is 39.6. The average Bonchev–Trinajstić information content (AvgIpc) is 3.57. The first-order valence-electron chi connectivity index (χ1n) is 21.0. The number of rotatable bonds is 9. The van der Waals surface area contributed by atoms with E-state index < -0.39 is 5.97 Å². The van der Waals surface area contributed by atoms with Gasteiger partial charge in [0.15, 0.2) is 0 Å². The third-order valence-electron chi connectivity index (χ3n) is 17.0. The minimum atomic E-state index is -0.520. The van der Waals surface area contributed by atoms with E-state index in [1.807, 2.05) is 18.2 Å². The van der Waals surface area contributed by atoms with Crippen molar-refractivity contribution in [1.82, 2.24) is 15.6 Å². The van der Waals surface area contributed by atoms with Gasteiger partial charge in [-0.25, -0.2) is 9.78 Å². The molecular weight excluding hydrogens is 687 g/mol. The van der Waals surface area contributed by atoms with Crippen LogP contribution in [0.25, 0.3) is 0 Å².